The van der Waals surface area contributed by atoms with Crippen molar-refractivity contribution in [1.29, 1.82) is 0 Å². The summed E-state index contributed by atoms with van der Waals surface area (Å²) in [6.07, 6.45) is 5.83. The van der Waals surface area contributed by atoms with Gasteiger partial charge in [-0.2, -0.15) is 0 Å². The third-order valence-electron chi connectivity index (χ3n) is 5.52. The molecule has 0 aliphatic heterocycles. The summed E-state index contributed by atoms with van der Waals surface area (Å²) in [7, 11) is 0. The Balaban J connectivity index is 1.92. The molecular formula is C27H28. The summed E-state index contributed by atoms with van der Waals surface area (Å²) in [5.74, 6) is 0.705. The molecule has 0 heteroatoms. The minimum absolute atomic E-state index is 0.705. The van der Waals surface area contributed by atoms with Crippen molar-refractivity contribution < 1.29 is 0 Å². The first-order valence-corrected chi connectivity index (χ1v) is 10.2. The van der Waals surface area contributed by atoms with Gasteiger partial charge in [0.15, 0.2) is 0 Å². The van der Waals surface area contributed by atoms with Crippen LogP contribution in [0, 0.1) is 5.92 Å². The summed E-state index contributed by atoms with van der Waals surface area (Å²) >= 11 is 0. The standard InChI is InChI=1S/C27H28/c1-4-21-14-15-23-17-20(16-19(2)3)18-26(23)27(21)25-13-9-8-12-24(25)22-10-6-5-7-11-22/h5-15,18-19H,4,16-17H2,1-3H3. The lowest BCUT2D eigenvalue weighted by atomic mass is 9.87. The highest BCUT2D eigenvalue weighted by Gasteiger charge is 2.21. The van der Waals surface area contributed by atoms with Gasteiger partial charge in [0.25, 0.3) is 0 Å². The zero-order valence-corrected chi connectivity index (χ0v) is 16.6. The first kappa shape index (κ1) is 17.8. The number of benzene rings is 3. The molecule has 0 atom stereocenters. The summed E-state index contributed by atoms with van der Waals surface area (Å²) in [5.41, 5.74) is 11.4. The third kappa shape index (κ3) is 3.49. The minimum Gasteiger partial charge on any atom is -0.0649 e. The van der Waals surface area contributed by atoms with Crippen molar-refractivity contribution in [3.63, 3.8) is 0 Å². The molecule has 0 saturated heterocycles. The van der Waals surface area contributed by atoms with Gasteiger partial charge in [0.2, 0.25) is 0 Å². The van der Waals surface area contributed by atoms with E-state index in [9.17, 15) is 0 Å². The lowest BCUT2D eigenvalue weighted by Crippen LogP contribution is -1.96. The molecule has 4 rings (SSSR count). The second-order valence-electron chi connectivity index (χ2n) is 8.01. The Labute approximate surface area is 163 Å². The summed E-state index contributed by atoms with van der Waals surface area (Å²) in [6.45, 7) is 6.89. The van der Waals surface area contributed by atoms with Crippen molar-refractivity contribution in [1.82, 2.24) is 0 Å². The molecule has 0 N–H and O–H groups in total. The first-order chi connectivity index (χ1) is 13.2. The molecule has 1 aliphatic rings. The Kier molecular flexibility index (Phi) is 4.99. The number of allylic oxidation sites excluding steroid dienone is 1. The Bertz CT molecular complexity index is 974. The molecule has 0 heterocycles. The number of fused-ring (bicyclic) bond motifs is 1. The van der Waals surface area contributed by atoms with Gasteiger partial charge in [-0.15, -0.1) is 0 Å². The van der Waals surface area contributed by atoms with Crippen molar-refractivity contribution >= 4 is 6.08 Å². The van der Waals surface area contributed by atoms with Gasteiger partial charge in [0, 0.05) is 0 Å². The minimum atomic E-state index is 0.705. The van der Waals surface area contributed by atoms with Gasteiger partial charge < -0.3 is 0 Å². The monoisotopic (exact) mass is 352 g/mol. The van der Waals surface area contributed by atoms with Crippen LogP contribution in [-0.4, -0.2) is 0 Å². The fourth-order valence-electron chi connectivity index (χ4n) is 4.37. The van der Waals surface area contributed by atoms with Gasteiger partial charge in [0.05, 0.1) is 0 Å². The molecule has 0 unspecified atom stereocenters. The van der Waals surface area contributed by atoms with E-state index in [0.717, 1.165) is 12.8 Å². The van der Waals surface area contributed by atoms with E-state index in [0.29, 0.717) is 5.92 Å². The molecule has 0 radical (unpaired) electrons. The maximum Gasteiger partial charge on any atom is -0.00575 e. The molecule has 27 heavy (non-hydrogen) atoms. The maximum atomic E-state index is 2.48. The van der Waals surface area contributed by atoms with Crippen LogP contribution in [-0.2, 0) is 12.8 Å². The van der Waals surface area contributed by atoms with E-state index < -0.39 is 0 Å². The van der Waals surface area contributed by atoms with Crippen LogP contribution < -0.4 is 0 Å². The third-order valence-corrected chi connectivity index (χ3v) is 5.52. The van der Waals surface area contributed by atoms with E-state index in [2.05, 4.69) is 93.6 Å². The van der Waals surface area contributed by atoms with Crippen molar-refractivity contribution in [2.45, 2.75) is 40.0 Å². The molecule has 0 aromatic heterocycles. The fraction of sp³-hybridized carbons (Fsp3) is 0.259. The predicted molar refractivity (Wildman–Crippen MR) is 118 cm³/mol. The van der Waals surface area contributed by atoms with E-state index in [1.807, 2.05) is 0 Å². The van der Waals surface area contributed by atoms with Gasteiger partial charge in [-0.05, 0) is 64.1 Å². The summed E-state index contributed by atoms with van der Waals surface area (Å²) in [5, 5.41) is 0. The Morgan fingerprint density at radius 2 is 1.52 bits per heavy atom. The van der Waals surface area contributed by atoms with Crippen LogP contribution in [0.3, 0.4) is 0 Å². The van der Waals surface area contributed by atoms with E-state index in [1.54, 1.807) is 5.57 Å². The molecule has 0 spiro atoms. The zero-order chi connectivity index (χ0) is 18.8. The summed E-state index contributed by atoms with van der Waals surface area (Å²) in [4.78, 5) is 0. The molecule has 0 amide bonds. The second-order valence-corrected chi connectivity index (χ2v) is 8.01. The van der Waals surface area contributed by atoms with E-state index in [4.69, 9.17) is 0 Å². The van der Waals surface area contributed by atoms with Crippen LogP contribution in [0.5, 0.6) is 0 Å². The summed E-state index contributed by atoms with van der Waals surface area (Å²) < 4.78 is 0. The van der Waals surface area contributed by atoms with Crippen molar-refractivity contribution in [2.75, 3.05) is 0 Å². The normalized spacial score (nSPS) is 13.0. The molecule has 136 valence electrons. The topological polar surface area (TPSA) is 0 Å². The fourth-order valence-corrected chi connectivity index (χ4v) is 4.37. The second kappa shape index (κ2) is 7.56. The van der Waals surface area contributed by atoms with Crippen LogP contribution in [0.25, 0.3) is 28.3 Å². The first-order valence-electron chi connectivity index (χ1n) is 10.2. The van der Waals surface area contributed by atoms with E-state index in [1.165, 1.54) is 45.4 Å². The lowest BCUT2D eigenvalue weighted by molar-refractivity contribution is 0.638. The Morgan fingerprint density at radius 1 is 0.815 bits per heavy atom. The Hall–Kier alpha value is -2.60. The summed E-state index contributed by atoms with van der Waals surface area (Å²) in [6, 6.07) is 24.4. The van der Waals surface area contributed by atoms with Crippen molar-refractivity contribution in [2.24, 2.45) is 5.92 Å². The number of rotatable bonds is 5. The average Bonchev–Trinajstić information content (AvgIpc) is 3.09. The number of hydrogen-bond acceptors (Lipinski definition) is 0. The van der Waals surface area contributed by atoms with Gasteiger partial charge >= 0.3 is 0 Å². The van der Waals surface area contributed by atoms with Crippen LogP contribution >= 0.6 is 0 Å². The molecule has 0 saturated carbocycles. The molecule has 0 nitrogen and oxygen atoms in total. The number of hydrogen-bond donors (Lipinski definition) is 0. The molecule has 0 bridgehead atoms. The molecule has 3 aromatic carbocycles. The molecule has 3 aromatic rings. The quantitative estimate of drug-likeness (QED) is 0.444. The van der Waals surface area contributed by atoms with Crippen molar-refractivity contribution in [3.05, 3.63) is 89.0 Å². The van der Waals surface area contributed by atoms with Gasteiger partial charge in [-0.1, -0.05) is 99.2 Å². The molecule has 1 aliphatic carbocycles. The van der Waals surface area contributed by atoms with E-state index >= 15 is 0 Å². The largest absolute Gasteiger partial charge is 0.0649 e. The van der Waals surface area contributed by atoms with Crippen LogP contribution in [0.1, 0.15) is 43.9 Å². The van der Waals surface area contributed by atoms with Crippen molar-refractivity contribution in [3.8, 4) is 22.3 Å². The van der Waals surface area contributed by atoms with Crippen LogP contribution in [0.15, 0.2) is 72.3 Å². The van der Waals surface area contributed by atoms with Gasteiger partial charge in [-0.25, -0.2) is 0 Å². The van der Waals surface area contributed by atoms with E-state index in [-0.39, 0.29) is 0 Å². The lowest BCUT2D eigenvalue weighted by Gasteiger charge is -2.17. The molecule has 0 fully saturated rings. The highest BCUT2D eigenvalue weighted by molar-refractivity contribution is 5.91. The Morgan fingerprint density at radius 3 is 2.22 bits per heavy atom. The van der Waals surface area contributed by atoms with Gasteiger partial charge in [0.1, 0.15) is 0 Å². The average molecular weight is 353 g/mol. The predicted octanol–water partition coefficient (Wildman–Crippen LogP) is 7.57. The van der Waals surface area contributed by atoms with Gasteiger partial charge in [-0.3, -0.25) is 0 Å². The number of aryl methyl sites for hydroxylation is 1. The van der Waals surface area contributed by atoms with Crippen LogP contribution in [0.2, 0.25) is 0 Å². The maximum absolute atomic E-state index is 2.48. The molecular weight excluding hydrogens is 324 g/mol. The highest BCUT2D eigenvalue weighted by atomic mass is 14.2. The highest BCUT2D eigenvalue weighted by Crippen LogP contribution is 2.42. The SMILES string of the molecule is CCc1ccc2c(c1-c1ccccc1-c1ccccc1)C=C(CC(C)C)C2. The zero-order valence-electron chi connectivity index (χ0n) is 16.6. The smallest absolute Gasteiger partial charge is 0.00575 e. The van der Waals surface area contributed by atoms with Crippen LogP contribution in [0.4, 0.5) is 0 Å².